The smallest absolute Gasteiger partial charge is 0.324 e. The zero-order valence-corrected chi connectivity index (χ0v) is 10.8. The van der Waals surface area contributed by atoms with Gasteiger partial charge in [0.15, 0.2) is 0 Å². The van der Waals surface area contributed by atoms with Crippen molar-refractivity contribution in [3.8, 4) is 0 Å². The Bertz CT molecular complexity index is 583. The number of halogens is 3. The van der Waals surface area contributed by atoms with Gasteiger partial charge in [-0.2, -0.15) is 13.2 Å². The van der Waals surface area contributed by atoms with Crippen LogP contribution in [0.5, 0.6) is 0 Å². The zero-order chi connectivity index (χ0) is 15.5. The molecular weight excluding hydrogens is 287 g/mol. The SMILES string of the molecule is [N-]=[N+]=NC1CCN(C(=O)Nc2ccccc2C(F)(F)F)C1. The first-order valence-electron chi connectivity index (χ1n) is 6.18. The van der Waals surface area contributed by atoms with E-state index < -0.39 is 17.8 Å². The topological polar surface area (TPSA) is 81.1 Å². The standard InChI is InChI=1S/C12H12F3N5O/c13-12(14,15)9-3-1-2-4-10(9)17-11(21)20-6-5-8(7-20)18-19-16/h1-4,8H,5-7H2,(H,17,21). The number of hydrogen-bond acceptors (Lipinski definition) is 2. The molecule has 6 nitrogen and oxygen atoms in total. The minimum absolute atomic E-state index is 0.198. The van der Waals surface area contributed by atoms with E-state index in [9.17, 15) is 18.0 Å². The summed E-state index contributed by atoms with van der Waals surface area (Å²) in [4.78, 5) is 15.9. The zero-order valence-electron chi connectivity index (χ0n) is 10.8. The Hall–Kier alpha value is -2.41. The Morgan fingerprint density at radius 3 is 2.81 bits per heavy atom. The molecule has 0 aromatic heterocycles. The summed E-state index contributed by atoms with van der Waals surface area (Å²) >= 11 is 0. The molecule has 1 N–H and O–H groups in total. The Kier molecular flexibility index (Phi) is 4.23. The number of urea groups is 1. The Morgan fingerprint density at radius 2 is 2.14 bits per heavy atom. The Labute approximate surface area is 118 Å². The highest BCUT2D eigenvalue weighted by molar-refractivity contribution is 5.90. The van der Waals surface area contributed by atoms with Crippen LogP contribution in [0, 0.1) is 0 Å². The number of benzene rings is 1. The molecule has 0 radical (unpaired) electrons. The molecule has 1 aromatic carbocycles. The van der Waals surface area contributed by atoms with E-state index in [2.05, 4.69) is 15.3 Å². The van der Waals surface area contributed by atoms with Crippen molar-refractivity contribution in [3.63, 3.8) is 0 Å². The number of carbonyl (C=O) groups is 1. The van der Waals surface area contributed by atoms with Crippen molar-refractivity contribution >= 4 is 11.7 Å². The average Bonchev–Trinajstić information content (AvgIpc) is 2.87. The predicted octanol–water partition coefficient (Wildman–Crippen LogP) is 3.62. The highest BCUT2D eigenvalue weighted by Crippen LogP contribution is 2.34. The third-order valence-electron chi connectivity index (χ3n) is 3.14. The van der Waals surface area contributed by atoms with Gasteiger partial charge in [0.2, 0.25) is 0 Å². The predicted molar refractivity (Wildman–Crippen MR) is 69.6 cm³/mol. The van der Waals surface area contributed by atoms with Crippen LogP contribution in [-0.2, 0) is 6.18 Å². The van der Waals surface area contributed by atoms with Gasteiger partial charge in [-0.15, -0.1) is 0 Å². The normalized spacial score (nSPS) is 18.2. The van der Waals surface area contributed by atoms with Gasteiger partial charge >= 0.3 is 12.2 Å². The lowest BCUT2D eigenvalue weighted by atomic mass is 10.1. The largest absolute Gasteiger partial charge is 0.418 e. The number of azide groups is 1. The van der Waals surface area contributed by atoms with Crippen LogP contribution in [0.3, 0.4) is 0 Å². The lowest BCUT2D eigenvalue weighted by Gasteiger charge is -2.19. The van der Waals surface area contributed by atoms with Crippen LogP contribution in [0.25, 0.3) is 10.4 Å². The molecule has 1 unspecified atom stereocenters. The molecule has 1 aromatic rings. The van der Waals surface area contributed by atoms with Crippen LogP contribution in [0.1, 0.15) is 12.0 Å². The van der Waals surface area contributed by atoms with Crippen molar-refractivity contribution in [2.45, 2.75) is 18.6 Å². The summed E-state index contributed by atoms with van der Waals surface area (Å²) in [5.74, 6) is 0. The third-order valence-corrected chi connectivity index (χ3v) is 3.14. The molecule has 1 heterocycles. The van der Waals surface area contributed by atoms with Gasteiger partial charge in [0.05, 0.1) is 17.3 Å². The summed E-state index contributed by atoms with van der Waals surface area (Å²) in [7, 11) is 0. The summed E-state index contributed by atoms with van der Waals surface area (Å²) in [5, 5.41) is 5.75. The van der Waals surface area contributed by atoms with E-state index in [-0.39, 0.29) is 18.3 Å². The Morgan fingerprint density at radius 1 is 1.43 bits per heavy atom. The molecular formula is C12H12F3N5O. The molecule has 21 heavy (non-hydrogen) atoms. The van der Waals surface area contributed by atoms with E-state index in [1.165, 1.54) is 23.1 Å². The van der Waals surface area contributed by atoms with Gasteiger partial charge in [-0.05, 0) is 24.1 Å². The molecule has 0 aliphatic carbocycles. The first kappa shape index (κ1) is 15.0. The minimum atomic E-state index is -4.54. The van der Waals surface area contributed by atoms with Gasteiger partial charge in [0, 0.05) is 18.0 Å². The molecule has 1 aliphatic rings. The molecule has 1 aliphatic heterocycles. The maximum absolute atomic E-state index is 12.8. The summed E-state index contributed by atoms with van der Waals surface area (Å²) in [5.41, 5.74) is 7.14. The van der Waals surface area contributed by atoms with Gasteiger partial charge in [-0.3, -0.25) is 0 Å². The highest BCUT2D eigenvalue weighted by Gasteiger charge is 2.34. The maximum atomic E-state index is 12.8. The molecule has 9 heteroatoms. The fourth-order valence-corrected chi connectivity index (χ4v) is 2.13. The number of carbonyl (C=O) groups excluding carboxylic acids is 1. The summed E-state index contributed by atoms with van der Waals surface area (Å²) in [6.07, 6.45) is -4.04. The molecule has 2 amide bonds. The van der Waals surface area contributed by atoms with Crippen molar-refractivity contribution in [2.75, 3.05) is 18.4 Å². The number of para-hydroxylation sites is 1. The van der Waals surface area contributed by atoms with Crippen molar-refractivity contribution in [1.29, 1.82) is 0 Å². The molecule has 112 valence electrons. The number of nitrogens with zero attached hydrogens (tertiary/aromatic N) is 4. The molecule has 0 saturated carbocycles. The van der Waals surface area contributed by atoms with Crippen LogP contribution < -0.4 is 5.32 Å². The van der Waals surface area contributed by atoms with Crippen molar-refractivity contribution in [1.82, 2.24) is 4.90 Å². The summed E-state index contributed by atoms with van der Waals surface area (Å²) in [6, 6.07) is 3.80. The van der Waals surface area contributed by atoms with E-state index >= 15 is 0 Å². The summed E-state index contributed by atoms with van der Waals surface area (Å²) < 4.78 is 38.5. The number of anilines is 1. The molecule has 0 bridgehead atoms. The number of nitrogens with one attached hydrogen (secondary N) is 1. The van der Waals surface area contributed by atoms with Crippen molar-refractivity contribution in [2.24, 2.45) is 5.11 Å². The number of hydrogen-bond donors (Lipinski definition) is 1. The van der Waals surface area contributed by atoms with Gasteiger partial charge < -0.3 is 10.2 Å². The first-order valence-corrected chi connectivity index (χ1v) is 6.18. The lowest BCUT2D eigenvalue weighted by molar-refractivity contribution is -0.136. The minimum Gasteiger partial charge on any atom is -0.324 e. The van der Waals surface area contributed by atoms with E-state index in [4.69, 9.17) is 5.53 Å². The van der Waals surface area contributed by atoms with Crippen molar-refractivity contribution in [3.05, 3.63) is 40.3 Å². The lowest BCUT2D eigenvalue weighted by Crippen LogP contribution is -2.34. The van der Waals surface area contributed by atoms with E-state index in [0.29, 0.717) is 13.0 Å². The second kappa shape index (κ2) is 5.92. The van der Waals surface area contributed by atoms with Crippen molar-refractivity contribution < 1.29 is 18.0 Å². The van der Waals surface area contributed by atoms with Gasteiger partial charge in [0.25, 0.3) is 0 Å². The highest BCUT2D eigenvalue weighted by atomic mass is 19.4. The fourth-order valence-electron chi connectivity index (χ4n) is 2.13. The van der Waals surface area contributed by atoms with Gasteiger partial charge in [0.1, 0.15) is 0 Å². The maximum Gasteiger partial charge on any atom is 0.418 e. The second-order valence-electron chi connectivity index (χ2n) is 4.57. The summed E-state index contributed by atoms with van der Waals surface area (Å²) in [6.45, 7) is 0.535. The first-order chi connectivity index (χ1) is 9.91. The molecule has 1 fully saturated rings. The van der Waals surface area contributed by atoms with Crippen LogP contribution in [0.15, 0.2) is 29.4 Å². The third kappa shape index (κ3) is 3.57. The molecule has 1 atom stereocenters. The monoisotopic (exact) mass is 299 g/mol. The number of likely N-dealkylation sites (tertiary alicyclic amines) is 1. The van der Waals surface area contributed by atoms with E-state index in [1.54, 1.807) is 0 Å². The van der Waals surface area contributed by atoms with Crippen LogP contribution in [-0.4, -0.2) is 30.1 Å². The van der Waals surface area contributed by atoms with Gasteiger partial charge in [-0.25, -0.2) is 4.79 Å². The molecule has 1 saturated heterocycles. The number of alkyl halides is 3. The van der Waals surface area contributed by atoms with Crippen LogP contribution >= 0.6 is 0 Å². The number of rotatable bonds is 2. The van der Waals surface area contributed by atoms with E-state index in [1.807, 2.05) is 0 Å². The quantitative estimate of drug-likeness (QED) is 0.505. The van der Waals surface area contributed by atoms with Gasteiger partial charge in [-0.1, -0.05) is 17.2 Å². The molecule has 0 spiro atoms. The molecule has 2 rings (SSSR count). The van der Waals surface area contributed by atoms with Crippen LogP contribution in [0.4, 0.5) is 23.7 Å². The van der Waals surface area contributed by atoms with E-state index in [0.717, 1.165) is 6.07 Å². The number of amides is 2. The second-order valence-corrected chi connectivity index (χ2v) is 4.57. The Balaban J connectivity index is 2.09. The van der Waals surface area contributed by atoms with Crippen LogP contribution in [0.2, 0.25) is 0 Å². The fraction of sp³-hybridized carbons (Fsp3) is 0.417. The average molecular weight is 299 g/mol.